The van der Waals surface area contributed by atoms with Gasteiger partial charge >= 0.3 is 0 Å². The van der Waals surface area contributed by atoms with Gasteiger partial charge in [0.25, 0.3) is 0 Å². The lowest BCUT2D eigenvalue weighted by molar-refractivity contribution is 0.866. The van der Waals surface area contributed by atoms with Crippen molar-refractivity contribution in [2.24, 2.45) is 5.84 Å². The van der Waals surface area contributed by atoms with Crippen LogP contribution in [0.5, 0.6) is 0 Å². The Bertz CT molecular complexity index is 360. The number of anilines is 1. The largest absolute Gasteiger partial charge is 0.295 e. The van der Waals surface area contributed by atoms with Crippen molar-refractivity contribution in [1.82, 2.24) is 4.98 Å². The van der Waals surface area contributed by atoms with Crippen LogP contribution in [0.4, 0.5) is 5.82 Å². The number of hydrogen-bond donors (Lipinski definition) is 1. The number of rotatable bonds is 2. The Kier molecular flexibility index (Phi) is 3.28. The van der Waals surface area contributed by atoms with Gasteiger partial charge in [-0.25, -0.2) is 10.8 Å². The predicted octanol–water partition coefficient (Wildman–Crippen LogP) is 1.62. The highest BCUT2D eigenvalue weighted by Gasteiger charge is 2.09. The van der Waals surface area contributed by atoms with E-state index in [1.807, 2.05) is 13.0 Å². The lowest BCUT2D eigenvalue weighted by Gasteiger charge is -2.16. The quantitative estimate of drug-likeness (QED) is 0.458. The SMILES string of the molecule is CCN(N)c1cc(C)c(C#N)c(Cl)n1. The molecular formula is C9H11ClN4. The molecule has 0 spiro atoms. The first kappa shape index (κ1) is 10.8. The second-order valence-corrected chi connectivity index (χ2v) is 3.22. The maximum Gasteiger partial charge on any atom is 0.149 e. The highest BCUT2D eigenvalue weighted by Crippen LogP contribution is 2.21. The molecule has 0 atom stereocenters. The van der Waals surface area contributed by atoms with E-state index in [2.05, 4.69) is 4.98 Å². The molecule has 2 N–H and O–H groups in total. The number of nitrogens with two attached hydrogens (primary N) is 1. The summed E-state index contributed by atoms with van der Waals surface area (Å²) < 4.78 is 0. The first-order valence-corrected chi connectivity index (χ1v) is 4.57. The van der Waals surface area contributed by atoms with Crippen LogP contribution in [-0.4, -0.2) is 11.5 Å². The van der Waals surface area contributed by atoms with Crippen LogP contribution in [0.2, 0.25) is 5.15 Å². The second-order valence-electron chi connectivity index (χ2n) is 2.86. The van der Waals surface area contributed by atoms with Gasteiger partial charge in [0.15, 0.2) is 0 Å². The van der Waals surface area contributed by atoms with E-state index in [1.54, 1.807) is 13.0 Å². The molecule has 0 aliphatic heterocycles. The van der Waals surface area contributed by atoms with E-state index in [4.69, 9.17) is 22.7 Å². The Morgan fingerprint density at radius 2 is 2.36 bits per heavy atom. The average molecular weight is 211 g/mol. The fourth-order valence-electron chi connectivity index (χ4n) is 1.06. The van der Waals surface area contributed by atoms with Crippen LogP contribution < -0.4 is 10.9 Å². The smallest absolute Gasteiger partial charge is 0.149 e. The molecule has 0 saturated carbocycles. The predicted molar refractivity (Wildman–Crippen MR) is 55.9 cm³/mol. The molecule has 0 aliphatic rings. The zero-order chi connectivity index (χ0) is 10.7. The van der Waals surface area contributed by atoms with Crippen molar-refractivity contribution in [3.63, 3.8) is 0 Å². The summed E-state index contributed by atoms with van der Waals surface area (Å²) in [6.07, 6.45) is 0. The maximum atomic E-state index is 8.77. The summed E-state index contributed by atoms with van der Waals surface area (Å²) in [4.78, 5) is 4.02. The monoisotopic (exact) mass is 210 g/mol. The first-order valence-electron chi connectivity index (χ1n) is 4.19. The fourth-order valence-corrected chi connectivity index (χ4v) is 1.34. The van der Waals surface area contributed by atoms with E-state index in [0.29, 0.717) is 17.9 Å². The summed E-state index contributed by atoms with van der Waals surface area (Å²) in [5.41, 5.74) is 1.19. The molecule has 0 bridgehead atoms. The molecule has 0 radical (unpaired) electrons. The van der Waals surface area contributed by atoms with Gasteiger partial charge in [-0.3, -0.25) is 5.01 Å². The summed E-state index contributed by atoms with van der Waals surface area (Å²) in [5, 5.41) is 10.4. The van der Waals surface area contributed by atoms with Crippen molar-refractivity contribution in [3.8, 4) is 6.07 Å². The number of nitriles is 1. The van der Waals surface area contributed by atoms with Gasteiger partial charge in [-0.15, -0.1) is 0 Å². The zero-order valence-electron chi connectivity index (χ0n) is 8.08. The molecule has 1 aromatic heterocycles. The van der Waals surface area contributed by atoms with Crippen molar-refractivity contribution >= 4 is 17.4 Å². The molecule has 1 rings (SSSR count). The van der Waals surface area contributed by atoms with Gasteiger partial charge in [-0.2, -0.15) is 5.26 Å². The molecule has 1 heterocycles. The number of hydrazine groups is 1. The summed E-state index contributed by atoms with van der Waals surface area (Å²) in [5.74, 6) is 6.23. The van der Waals surface area contributed by atoms with Gasteiger partial charge in [0.2, 0.25) is 0 Å². The minimum atomic E-state index is 0.200. The van der Waals surface area contributed by atoms with Crippen LogP contribution in [0.25, 0.3) is 0 Å². The molecule has 74 valence electrons. The van der Waals surface area contributed by atoms with Crippen LogP contribution in [0.1, 0.15) is 18.1 Å². The summed E-state index contributed by atoms with van der Waals surface area (Å²) in [6, 6.07) is 3.74. The standard InChI is InChI=1S/C9H11ClN4/c1-3-14(12)8-4-6(2)7(5-11)9(10)13-8/h4H,3,12H2,1-2H3. The highest BCUT2D eigenvalue weighted by molar-refractivity contribution is 6.30. The van der Waals surface area contributed by atoms with Gasteiger partial charge in [-0.1, -0.05) is 11.6 Å². The normalized spacial score (nSPS) is 9.64. The summed E-state index contributed by atoms with van der Waals surface area (Å²) >= 11 is 5.82. The number of hydrogen-bond acceptors (Lipinski definition) is 4. The van der Waals surface area contributed by atoms with Gasteiger partial charge < -0.3 is 0 Å². The van der Waals surface area contributed by atoms with E-state index in [9.17, 15) is 0 Å². The van der Waals surface area contributed by atoms with Crippen molar-refractivity contribution in [3.05, 3.63) is 22.3 Å². The number of aromatic nitrogens is 1. The first-order chi connectivity index (χ1) is 6.60. The number of aryl methyl sites for hydroxylation is 1. The molecule has 0 aliphatic carbocycles. The van der Waals surface area contributed by atoms with Crippen molar-refractivity contribution in [2.45, 2.75) is 13.8 Å². The van der Waals surface area contributed by atoms with Crippen LogP contribution in [0.3, 0.4) is 0 Å². The fraction of sp³-hybridized carbons (Fsp3) is 0.333. The Hall–Kier alpha value is -1.31. The van der Waals surface area contributed by atoms with Gasteiger partial charge in [0.1, 0.15) is 17.0 Å². The lowest BCUT2D eigenvalue weighted by Crippen LogP contribution is -2.31. The molecule has 0 unspecified atom stereocenters. The Labute approximate surface area is 87.9 Å². The lowest BCUT2D eigenvalue weighted by atomic mass is 10.2. The Morgan fingerprint density at radius 3 is 2.79 bits per heavy atom. The molecule has 0 fully saturated rings. The van der Waals surface area contributed by atoms with E-state index < -0.39 is 0 Å². The Morgan fingerprint density at radius 1 is 1.71 bits per heavy atom. The third kappa shape index (κ3) is 1.95. The molecule has 14 heavy (non-hydrogen) atoms. The molecule has 5 heteroatoms. The minimum Gasteiger partial charge on any atom is -0.295 e. The average Bonchev–Trinajstić information content (AvgIpc) is 2.16. The van der Waals surface area contributed by atoms with E-state index in [0.717, 1.165) is 5.56 Å². The summed E-state index contributed by atoms with van der Waals surface area (Å²) in [7, 11) is 0. The van der Waals surface area contributed by atoms with E-state index >= 15 is 0 Å². The van der Waals surface area contributed by atoms with E-state index in [1.165, 1.54) is 5.01 Å². The number of pyridine rings is 1. The van der Waals surface area contributed by atoms with Crippen molar-refractivity contribution in [1.29, 1.82) is 5.26 Å². The molecule has 1 aromatic rings. The van der Waals surface area contributed by atoms with Gasteiger partial charge in [-0.05, 0) is 25.5 Å². The molecule has 0 aromatic carbocycles. The van der Waals surface area contributed by atoms with E-state index in [-0.39, 0.29) is 5.15 Å². The third-order valence-electron chi connectivity index (χ3n) is 1.91. The highest BCUT2D eigenvalue weighted by atomic mass is 35.5. The molecular weight excluding hydrogens is 200 g/mol. The molecule has 0 amide bonds. The number of halogens is 1. The number of nitrogens with zero attached hydrogens (tertiary/aromatic N) is 3. The second kappa shape index (κ2) is 4.27. The van der Waals surface area contributed by atoms with Crippen LogP contribution >= 0.6 is 11.6 Å². The van der Waals surface area contributed by atoms with Crippen molar-refractivity contribution in [2.75, 3.05) is 11.6 Å². The van der Waals surface area contributed by atoms with Gasteiger partial charge in [0, 0.05) is 6.54 Å². The molecule has 0 saturated heterocycles. The summed E-state index contributed by atoms with van der Waals surface area (Å²) in [6.45, 7) is 4.34. The van der Waals surface area contributed by atoms with Crippen LogP contribution in [0.15, 0.2) is 6.07 Å². The third-order valence-corrected chi connectivity index (χ3v) is 2.18. The molecule has 4 nitrogen and oxygen atoms in total. The van der Waals surface area contributed by atoms with Crippen molar-refractivity contribution < 1.29 is 0 Å². The maximum absolute atomic E-state index is 8.77. The minimum absolute atomic E-state index is 0.200. The van der Waals surface area contributed by atoms with Crippen LogP contribution in [0, 0.1) is 18.3 Å². The topological polar surface area (TPSA) is 65.9 Å². The van der Waals surface area contributed by atoms with Crippen LogP contribution in [-0.2, 0) is 0 Å². The van der Waals surface area contributed by atoms with Gasteiger partial charge in [0.05, 0.1) is 5.56 Å². The Balaban J connectivity index is 3.22. The zero-order valence-corrected chi connectivity index (χ0v) is 8.84.